The fourth-order valence-electron chi connectivity index (χ4n) is 3.51. The Kier molecular flexibility index (Phi) is 7.32. The van der Waals surface area contributed by atoms with Gasteiger partial charge in [0.2, 0.25) is 0 Å². The van der Waals surface area contributed by atoms with Crippen molar-refractivity contribution in [3.05, 3.63) is 35.4 Å². The van der Waals surface area contributed by atoms with Crippen LogP contribution in [0.3, 0.4) is 0 Å². The number of hydrogen-bond donors (Lipinski definition) is 1. The molecule has 12 heteroatoms. The van der Waals surface area contributed by atoms with Gasteiger partial charge in [-0.1, -0.05) is 24.3 Å². The van der Waals surface area contributed by atoms with Gasteiger partial charge in [0.25, 0.3) is 6.10 Å². The zero-order valence-electron chi connectivity index (χ0n) is 16.5. The summed E-state index contributed by atoms with van der Waals surface area (Å²) in [4.78, 5) is 14.7. The maximum atomic E-state index is 12.6. The number of nitrogens with one attached hydrogen (secondary N) is 1. The van der Waals surface area contributed by atoms with E-state index in [9.17, 15) is 31.1 Å². The lowest BCUT2D eigenvalue weighted by atomic mass is 10.0. The lowest BCUT2D eigenvalue weighted by molar-refractivity contribution is -0.308. The van der Waals surface area contributed by atoms with Crippen LogP contribution in [0.25, 0.3) is 0 Å². The maximum Gasteiger partial charge on any atom is 0.434 e. The van der Waals surface area contributed by atoms with Crippen molar-refractivity contribution in [2.24, 2.45) is 0 Å². The number of piperazine rings is 1. The molecule has 1 aromatic rings. The number of alkyl halides is 6. The van der Waals surface area contributed by atoms with E-state index in [-0.39, 0.29) is 19.2 Å². The first kappa shape index (κ1) is 23.6. The molecule has 0 bridgehead atoms. The van der Waals surface area contributed by atoms with Crippen molar-refractivity contribution in [2.45, 2.75) is 31.1 Å². The van der Waals surface area contributed by atoms with E-state index in [4.69, 9.17) is 4.74 Å². The first-order valence-corrected chi connectivity index (χ1v) is 9.76. The molecule has 3 rings (SSSR count). The van der Waals surface area contributed by atoms with Gasteiger partial charge < -0.3 is 19.7 Å². The van der Waals surface area contributed by atoms with Gasteiger partial charge in [-0.3, -0.25) is 4.90 Å². The summed E-state index contributed by atoms with van der Waals surface area (Å²) in [5.74, 6) is 0. The second-order valence-electron chi connectivity index (χ2n) is 7.42. The SMILES string of the molecule is O=C(OC(C(F)(F)F)C(F)(F)F)N1CCN(Cc2cccc(C3CNCCO3)c2)CC1. The van der Waals surface area contributed by atoms with E-state index in [1.807, 2.05) is 29.2 Å². The van der Waals surface area contributed by atoms with Crippen molar-refractivity contribution in [2.75, 3.05) is 45.9 Å². The van der Waals surface area contributed by atoms with Crippen LogP contribution in [-0.4, -0.2) is 80.2 Å². The van der Waals surface area contributed by atoms with Crippen molar-refractivity contribution in [3.63, 3.8) is 0 Å². The van der Waals surface area contributed by atoms with Gasteiger partial charge in [0.15, 0.2) is 0 Å². The van der Waals surface area contributed by atoms with Gasteiger partial charge in [-0.25, -0.2) is 4.79 Å². The summed E-state index contributed by atoms with van der Waals surface area (Å²) in [7, 11) is 0. The summed E-state index contributed by atoms with van der Waals surface area (Å²) in [6.45, 7) is 3.19. The summed E-state index contributed by atoms with van der Waals surface area (Å²) in [5, 5.41) is 3.26. The Balaban J connectivity index is 1.52. The Morgan fingerprint density at radius 3 is 2.39 bits per heavy atom. The van der Waals surface area contributed by atoms with Crippen LogP contribution in [-0.2, 0) is 16.0 Å². The number of nitrogens with zero attached hydrogens (tertiary/aromatic N) is 2. The average molecular weight is 455 g/mol. The highest BCUT2D eigenvalue weighted by Gasteiger charge is 2.60. The van der Waals surface area contributed by atoms with E-state index in [1.165, 1.54) is 0 Å². The molecule has 1 aromatic carbocycles. The Morgan fingerprint density at radius 2 is 1.81 bits per heavy atom. The lowest BCUT2D eigenvalue weighted by Crippen LogP contribution is -2.52. The molecule has 0 aliphatic carbocycles. The van der Waals surface area contributed by atoms with Gasteiger partial charge >= 0.3 is 18.4 Å². The van der Waals surface area contributed by atoms with E-state index in [1.54, 1.807) is 0 Å². The third kappa shape index (κ3) is 6.47. The second kappa shape index (κ2) is 9.61. The molecule has 2 saturated heterocycles. The highest BCUT2D eigenvalue weighted by atomic mass is 19.4. The van der Waals surface area contributed by atoms with E-state index in [2.05, 4.69) is 10.1 Å². The number of amides is 1. The monoisotopic (exact) mass is 455 g/mol. The Bertz CT molecular complexity index is 730. The quantitative estimate of drug-likeness (QED) is 0.708. The van der Waals surface area contributed by atoms with E-state index in [0.29, 0.717) is 32.8 Å². The molecule has 0 aromatic heterocycles. The highest BCUT2D eigenvalue weighted by Crippen LogP contribution is 2.36. The van der Waals surface area contributed by atoms with Crippen LogP contribution in [0.1, 0.15) is 17.2 Å². The van der Waals surface area contributed by atoms with Gasteiger partial charge in [-0.05, 0) is 11.1 Å². The van der Waals surface area contributed by atoms with Gasteiger partial charge in [0.1, 0.15) is 0 Å². The predicted octanol–water partition coefficient (Wildman–Crippen LogP) is 3.09. The lowest BCUT2D eigenvalue weighted by Gasteiger charge is -2.35. The minimum atomic E-state index is -5.72. The fraction of sp³-hybridized carbons (Fsp3) is 0.632. The molecule has 1 N–H and O–H groups in total. The van der Waals surface area contributed by atoms with Crippen molar-refractivity contribution in [1.29, 1.82) is 0 Å². The number of morpholine rings is 1. The van der Waals surface area contributed by atoms with Crippen molar-refractivity contribution < 1.29 is 40.6 Å². The molecular weight excluding hydrogens is 432 g/mol. The topological polar surface area (TPSA) is 54.0 Å². The van der Waals surface area contributed by atoms with E-state index >= 15 is 0 Å². The van der Waals surface area contributed by atoms with Crippen LogP contribution < -0.4 is 5.32 Å². The highest BCUT2D eigenvalue weighted by molar-refractivity contribution is 5.68. The molecule has 174 valence electrons. The molecular formula is C19H23F6N3O3. The van der Waals surface area contributed by atoms with Crippen LogP contribution in [0.4, 0.5) is 31.1 Å². The Hall–Kier alpha value is -2.05. The van der Waals surface area contributed by atoms with Crippen LogP contribution in [0.5, 0.6) is 0 Å². The number of benzene rings is 1. The first-order valence-electron chi connectivity index (χ1n) is 9.76. The van der Waals surface area contributed by atoms with Gasteiger partial charge in [0, 0.05) is 45.8 Å². The fourth-order valence-corrected chi connectivity index (χ4v) is 3.51. The van der Waals surface area contributed by atoms with Gasteiger partial charge in [-0.15, -0.1) is 0 Å². The number of ether oxygens (including phenoxy) is 2. The van der Waals surface area contributed by atoms with Crippen LogP contribution >= 0.6 is 0 Å². The summed E-state index contributed by atoms with van der Waals surface area (Å²) < 4.78 is 85.0. The van der Waals surface area contributed by atoms with Gasteiger partial charge in [0.05, 0.1) is 12.7 Å². The molecule has 0 spiro atoms. The number of carbonyl (C=O) groups excluding carboxylic acids is 1. The number of hydrogen-bond acceptors (Lipinski definition) is 5. The van der Waals surface area contributed by atoms with Crippen molar-refractivity contribution in [3.8, 4) is 0 Å². The molecule has 31 heavy (non-hydrogen) atoms. The van der Waals surface area contributed by atoms with E-state index < -0.39 is 24.5 Å². The largest absolute Gasteiger partial charge is 0.434 e. The molecule has 1 atom stereocenters. The van der Waals surface area contributed by atoms with Crippen molar-refractivity contribution >= 4 is 6.09 Å². The number of rotatable bonds is 4. The number of halogens is 6. The van der Waals surface area contributed by atoms with E-state index in [0.717, 1.165) is 22.6 Å². The minimum absolute atomic E-state index is 0.0311. The normalized spacial score (nSPS) is 21.4. The maximum absolute atomic E-state index is 12.6. The number of carbonyl (C=O) groups is 1. The molecule has 2 heterocycles. The molecule has 2 aliphatic heterocycles. The molecule has 2 fully saturated rings. The van der Waals surface area contributed by atoms with Crippen LogP contribution in [0.2, 0.25) is 0 Å². The van der Waals surface area contributed by atoms with Crippen molar-refractivity contribution in [1.82, 2.24) is 15.1 Å². The summed E-state index contributed by atoms with van der Waals surface area (Å²) in [5.41, 5.74) is 2.02. The molecule has 6 nitrogen and oxygen atoms in total. The Morgan fingerprint density at radius 1 is 1.13 bits per heavy atom. The molecule has 2 aliphatic rings. The zero-order chi connectivity index (χ0) is 22.6. The average Bonchev–Trinajstić information content (AvgIpc) is 2.71. The van der Waals surface area contributed by atoms with Gasteiger partial charge in [-0.2, -0.15) is 26.3 Å². The smallest absolute Gasteiger partial charge is 0.426 e. The third-order valence-corrected chi connectivity index (χ3v) is 5.10. The summed E-state index contributed by atoms with van der Waals surface area (Å²) in [6.07, 6.45) is -17.3. The summed E-state index contributed by atoms with van der Waals surface area (Å²) >= 11 is 0. The zero-order valence-corrected chi connectivity index (χ0v) is 16.5. The standard InChI is InChI=1S/C19H23F6N3O3/c20-18(21,22)16(19(23,24)25)31-17(29)28-7-5-27(6-8-28)12-13-2-1-3-14(10-13)15-11-26-4-9-30-15/h1-3,10,15-16,26H,4-9,11-12H2. The molecule has 0 saturated carbocycles. The summed E-state index contributed by atoms with van der Waals surface area (Å²) in [6, 6.07) is 7.81. The third-order valence-electron chi connectivity index (χ3n) is 5.10. The molecule has 1 amide bonds. The molecule has 0 radical (unpaired) electrons. The molecule has 1 unspecified atom stereocenters. The predicted molar refractivity (Wildman–Crippen MR) is 97.2 cm³/mol. The Labute approximate surface area is 175 Å². The second-order valence-corrected chi connectivity index (χ2v) is 7.42. The van der Waals surface area contributed by atoms with Crippen LogP contribution in [0.15, 0.2) is 24.3 Å². The van der Waals surface area contributed by atoms with Crippen LogP contribution in [0, 0.1) is 0 Å². The first-order chi connectivity index (χ1) is 14.5. The minimum Gasteiger partial charge on any atom is -0.426 e.